The van der Waals surface area contributed by atoms with Crippen LogP contribution in [-0.4, -0.2) is 17.4 Å². The first-order chi connectivity index (χ1) is 10.0. The summed E-state index contributed by atoms with van der Waals surface area (Å²) >= 11 is 0. The van der Waals surface area contributed by atoms with Crippen molar-refractivity contribution in [2.24, 2.45) is 11.8 Å². The summed E-state index contributed by atoms with van der Waals surface area (Å²) in [4.78, 5) is 13.9. The molecule has 0 spiro atoms. The third-order valence-corrected chi connectivity index (χ3v) is 4.34. The van der Waals surface area contributed by atoms with Crippen LogP contribution in [0.15, 0.2) is 18.2 Å². The standard InChI is InChI=1S/C17H21FN2O/c1-12(2)14-5-6-17(21)20(8-7-14)11-15-4-3-13(10-19)9-16(15)18/h3-4,9,12,14H,5-8,11H2,1-2H3. The fourth-order valence-corrected chi connectivity index (χ4v) is 2.84. The lowest BCUT2D eigenvalue weighted by molar-refractivity contribution is -0.131. The second kappa shape index (κ2) is 6.71. The third kappa shape index (κ3) is 3.81. The number of carbonyl (C=O) groups is 1. The SMILES string of the molecule is CC(C)C1CCC(=O)N(Cc2ccc(C#N)cc2F)CC1. The molecule has 1 amide bonds. The van der Waals surface area contributed by atoms with Crippen LogP contribution in [0.1, 0.15) is 44.2 Å². The lowest BCUT2D eigenvalue weighted by atomic mass is 9.89. The van der Waals surface area contributed by atoms with Crippen LogP contribution in [0.5, 0.6) is 0 Å². The molecule has 1 aliphatic heterocycles. The molecule has 1 aromatic carbocycles. The second-order valence-electron chi connectivity index (χ2n) is 6.06. The van der Waals surface area contributed by atoms with Crippen molar-refractivity contribution in [1.29, 1.82) is 5.26 Å². The summed E-state index contributed by atoms with van der Waals surface area (Å²) in [6, 6.07) is 6.34. The molecule has 1 aliphatic rings. The van der Waals surface area contributed by atoms with Gasteiger partial charge in [0.1, 0.15) is 5.82 Å². The van der Waals surface area contributed by atoms with Gasteiger partial charge < -0.3 is 4.90 Å². The minimum atomic E-state index is -0.411. The van der Waals surface area contributed by atoms with Crippen LogP contribution in [0, 0.1) is 29.0 Å². The van der Waals surface area contributed by atoms with Crippen LogP contribution in [0.4, 0.5) is 4.39 Å². The van der Waals surface area contributed by atoms with Gasteiger partial charge in [0.05, 0.1) is 11.6 Å². The molecule has 1 fully saturated rings. The normalized spacial score (nSPS) is 19.5. The van der Waals surface area contributed by atoms with E-state index in [4.69, 9.17) is 5.26 Å². The van der Waals surface area contributed by atoms with Crippen molar-refractivity contribution in [3.05, 3.63) is 35.1 Å². The Balaban J connectivity index is 2.08. The summed E-state index contributed by atoms with van der Waals surface area (Å²) in [6.07, 6.45) is 2.44. The van der Waals surface area contributed by atoms with Crippen LogP contribution in [0.2, 0.25) is 0 Å². The van der Waals surface area contributed by atoms with Gasteiger partial charge in [0, 0.05) is 25.1 Å². The van der Waals surface area contributed by atoms with Crippen molar-refractivity contribution in [3.8, 4) is 6.07 Å². The molecule has 0 bridgehead atoms. The third-order valence-electron chi connectivity index (χ3n) is 4.34. The maximum atomic E-state index is 13.9. The van der Waals surface area contributed by atoms with Gasteiger partial charge in [-0.3, -0.25) is 4.79 Å². The molecule has 21 heavy (non-hydrogen) atoms. The van der Waals surface area contributed by atoms with Crippen molar-refractivity contribution in [1.82, 2.24) is 4.90 Å². The topological polar surface area (TPSA) is 44.1 Å². The Bertz CT molecular complexity index is 562. The van der Waals surface area contributed by atoms with Crippen molar-refractivity contribution >= 4 is 5.91 Å². The van der Waals surface area contributed by atoms with E-state index in [1.807, 2.05) is 6.07 Å². The molecule has 2 rings (SSSR count). The molecule has 1 heterocycles. The van der Waals surface area contributed by atoms with Crippen LogP contribution >= 0.6 is 0 Å². The van der Waals surface area contributed by atoms with Crippen LogP contribution in [0.25, 0.3) is 0 Å². The Morgan fingerprint density at radius 2 is 2.19 bits per heavy atom. The lowest BCUT2D eigenvalue weighted by Crippen LogP contribution is -2.30. The molecule has 0 radical (unpaired) electrons. The van der Waals surface area contributed by atoms with Gasteiger partial charge in [0.15, 0.2) is 0 Å². The lowest BCUT2D eigenvalue weighted by Gasteiger charge is -2.22. The van der Waals surface area contributed by atoms with Gasteiger partial charge in [-0.25, -0.2) is 4.39 Å². The number of benzene rings is 1. The van der Waals surface area contributed by atoms with Gasteiger partial charge in [-0.15, -0.1) is 0 Å². The number of hydrogen-bond acceptors (Lipinski definition) is 2. The zero-order valence-corrected chi connectivity index (χ0v) is 12.6. The van der Waals surface area contributed by atoms with Crippen LogP contribution in [0.3, 0.4) is 0 Å². The highest BCUT2D eigenvalue weighted by Crippen LogP contribution is 2.26. The molecule has 0 N–H and O–H groups in total. The van der Waals surface area contributed by atoms with Gasteiger partial charge in [-0.05, 0) is 36.8 Å². The molecule has 4 heteroatoms. The molecule has 0 aliphatic carbocycles. The van der Waals surface area contributed by atoms with Crippen LogP contribution in [-0.2, 0) is 11.3 Å². The molecule has 3 nitrogen and oxygen atoms in total. The molecule has 0 saturated carbocycles. The minimum absolute atomic E-state index is 0.0990. The molecular formula is C17H21FN2O. The fourth-order valence-electron chi connectivity index (χ4n) is 2.84. The highest BCUT2D eigenvalue weighted by molar-refractivity contribution is 5.76. The van der Waals surface area contributed by atoms with E-state index in [1.54, 1.807) is 17.0 Å². The Morgan fingerprint density at radius 3 is 2.81 bits per heavy atom. The van der Waals surface area contributed by atoms with Gasteiger partial charge in [0.2, 0.25) is 5.91 Å². The number of halogens is 1. The van der Waals surface area contributed by atoms with Crippen molar-refractivity contribution < 1.29 is 9.18 Å². The number of hydrogen-bond donors (Lipinski definition) is 0. The number of carbonyl (C=O) groups excluding carboxylic acids is 1. The van der Waals surface area contributed by atoms with E-state index in [9.17, 15) is 9.18 Å². The molecule has 1 atom stereocenters. The highest BCUT2D eigenvalue weighted by atomic mass is 19.1. The van der Waals surface area contributed by atoms with Gasteiger partial charge >= 0.3 is 0 Å². The summed E-state index contributed by atoms with van der Waals surface area (Å²) in [5.41, 5.74) is 0.781. The van der Waals surface area contributed by atoms with Gasteiger partial charge in [-0.1, -0.05) is 19.9 Å². The fraction of sp³-hybridized carbons (Fsp3) is 0.529. The molecule has 0 aromatic heterocycles. The zero-order chi connectivity index (χ0) is 15.4. The van der Waals surface area contributed by atoms with E-state index in [-0.39, 0.29) is 5.91 Å². The van der Waals surface area contributed by atoms with E-state index in [0.29, 0.717) is 42.5 Å². The smallest absolute Gasteiger partial charge is 0.222 e. The van der Waals surface area contributed by atoms with E-state index in [1.165, 1.54) is 6.07 Å². The molecule has 1 aromatic rings. The number of rotatable bonds is 3. The van der Waals surface area contributed by atoms with E-state index >= 15 is 0 Å². The summed E-state index contributed by atoms with van der Waals surface area (Å²) < 4.78 is 13.9. The predicted molar refractivity (Wildman–Crippen MR) is 78.7 cm³/mol. The maximum absolute atomic E-state index is 13.9. The summed E-state index contributed by atoms with van der Waals surface area (Å²) in [7, 11) is 0. The predicted octanol–water partition coefficient (Wildman–Crippen LogP) is 3.48. The van der Waals surface area contributed by atoms with E-state index in [2.05, 4.69) is 13.8 Å². The molecule has 112 valence electrons. The quantitative estimate of drug-likeness (QED) is 0.854. The van der Waals surface area contributed by atoms with Crippen molar-refractivity contribution in [2.45, 2.75) is 39.7 Å². The highest BCUT2D eigenvalue weighted by Gasteiger charge is 2.24. The van der Waals surface area contributed by atoms with Crippen molar-refractivity contribution in [2.75, 3.05) is 6.54 Å². The van der Waals surface area contributed by atoms with Crippen molar-refractivity contribution in [3.63, 3.8) is 0 Å². The Morgan fingerprint density at radius 1 is 1.43 bits per heavy atom. The summed E-state index contributed by atoms with van der Waals surface area (Å²) in [5.74, 6) is 0.822. The van der Waals surface area contributed by atoms with E-state index in [0.717, 1.165) is 12.8 Å². The first kappa shape index (κ1) is 15.5. The minimum Gasteiger partial charge on any atom is -0.338 e. The number of amides is 1. The first-order valence-corrected chi connectivity index (χ1v) is 7.47. The molecule has 1 unspecified atom stereocenters. The van der Waals surface area contributed by atoms with Crippen LogP contribution < -0.4 is 0 Å². The summed E-state index contributed by atoms with van der Waals surface area (Å²) in [5, 5.41) is 8.75. The van der Waals surface area contributed by atoms with Gasteiger partial charge in [0.25, 0.3) is 0 Å². The number of nitriles is 1. The maximum Gasteiger partial charge on any atom is 0.222 e. The molecule has 1 saturated heterocycles. The Hall–Kier alpha value is -1.89. The monoisotopic (exact) mass is 288 g/mol. The van der Waals surface area contributed by atoms with E-state index < -0.39 is 5.82 Å². The largest absolute Gasteiger partial charge is 0.338 e. The average molecular weight is 288 g/mol. The second-order valence-corrected chi connectivity index (χ2v) is 6.06. The molecular weight excluding hydrogens is 267 g/mol. The Labute approximate surface area is 125 Å². The first-order valence-electron chi connectivity index (χ1n) is 7.47. The number of likely N-dealkylation sites (tertiary alicyclic amines) is 1. The number of nitrogens with zero attached hydrogens (tertiary/aromatic N) is 2. The van der Waals surface area contributed by atoms with Gasteiger partial charge in [-0.2, -0.15) is 5.26 Å². The Kier molecular flexibility index (Phi) is 4.95. The average Bonchev–Trinajstić information content (AvgIpc) is 2.64. The zero-order valence-electron chi connectivity index (χ0n) is 12.6. The summed E-state index contributed by atoms with van der Waals surface area (Å²) in [6.45, 7) is 5.35.